The molecule has 4 nitrogen and oxygen atoms in total. The quantitative estimate of drug-likeness (QED) is 0.933. The average Bonchev–Trinajstić information content (AvgIpc) is 2.77. The van der Waals surface area contributed by atoms with Crippen LogP contribution in [0.5, 0.6) is 0 Å². The number of carbonyl (C=O) groups excluding carboxylic acids is 1. The van der Waals surface area contributed by atoms with E-state index in [1.165, 1.54) is 11.3 Å². The van der Waals surface area contributed by atoms with Crippen LogP contribution in [0.15, 0.2) is 5.38 Å². The lowest BCUT2D eigenvalue weighted by Gasteiger charge is -2.43. The molecule has 0 spiro atoms. The highest BCUT2D eigenvalue weighted by Crippen LogP contribution is 2.32. The highest BCUT2D eigenvalue weighted by Gasteiger charge is 2.39. The second-order valence-corrected chi connectivity index (χ2v) is 7.50. The fourth-order valence-corrected chi connectivity index (χ4v) is 3.41. The fraction of sp³-hybridized carbons (Fsp3) is 0.733. The van der Waals surface area contributed by atoms with Crippen LogP contribution in [0, 0.1) is 18.8 Å². The summed E-state index contributed by atoms with van der Waals surface area (Å²) < 4.78 is 0. The van der Waals surface area contributed by atoms with E-state index in [2.05, 4.69) is 18.8 Å². The van der Waals surface area contributed by atoms with E-state index in [4.69, 9.17) is 0 Å². The zero-order chi connectivity index (χ0) is 14.9. The van der Waals surface area contributed by atoms with Gasteiger partial charge in [0.05, 0.1) is 10.6 Å². The van der Waals surface area contributed by atoms with Crippen LogP contribution >= 0.6 is 11.3 Å². The maximum Gasteiger partial charge on any atom is 0.273 e. The molecule has 0 aliphatic carbocycles. The lowest BCUT2D eigenvalue weighted by molar-refractivity contribution is -0.0578. The molecule has 2 heterocycles. The van der Waals surface area contributed by atoms with Crippen LogP contribution in [0.1, 0.15) is 49.1 Å². The number of piperidine rings is 1. The van der Waals surface area contributed by atoms with Gasteiger partial charge in [-0.2, -0.15) is 0 Å². The molecule has 1 aliphatic heterocycles. The van der Waals surface area contributed by atoms with E-state index in [1.807, 2.05) is 24.1 Å². The van der Waals surface area contributed by atoms with Crippen LogP contribution in [0.4, 0.5) is 0 Å². The molecule has 2 atom stereocenters. The number of carbonyl (C=O) groups is 1. The van der Waals surface area contributed by atoms with Crippen molar-refractivity contribution in [1.82, 2.24) is 9.88 Å². The van der Waals surface area contributed by atoms with Gasteiger partial charge in [-0.05, 0) is 32.6 Å². The first-order valence-corrected chi connectivity index (χ1v) is 8.11. The molecule has 0 unspecified atom stereocenters. The van der Waals surface area contributed by atoms with Crippen molar-refractivity contribution in [3.8, 4) is 0 Å². The molecular weight excluding hydrogens is 272 g/mol. The molecule has 0 aromatic carbocycles. The fourth-order valence-electron chi connectivity index (χ4n) is 2.82. The van der Waals surface area contributed by atoms with Crippen molar-refractivity contribution >= 4 is 17.2 Å². The van der Waals surface area contributed by atoms with Crippen molar-refractivity contribution < 1.29 is 9.90 Å². The summed E-state index contributed by atoms with van der Waals surface area (Å²) in [7, 11) is 0. The number of hydrogen-bond donors (Lipinski definition) is 1. The Bertz CT molecular complexity index is 482. The van der Waals surface area contributed by atoms with Gasteiger partial charge in [0.1, 0.15) is 5.69 Å². The smallest absolute Gasteiger partial charge is 0.273 e. The Morgan fingerprint density at radius 1 is 1.65 bits per heavy atom. The summed E-state index contributed by atoms with van der Waals surface area (Å²) in [5, 5.41) is 13.2. The van der Waals surface area contributed by atoms with Crippen molar-refractivity contribution in [3.05, 3.63) is 16.1 Å². The number of likely N-dealkylation sites (tertiary alicyclic amines) is 1. The second-order valence-electron chi connectivity index (χ2n) is 6.44. The standard InChI is InChI=1S/C15H24N2O2S/c1-10(2)7-12-8-17(6-5-15(12,4)19)14(18)13-9-20-11(3)16-13/h9-10,12,19H,5-8H2,1-4H3/t12-,15+/m0/s1. The zero-order valence-corrected chi connectivity index (χ0v) is 13.5. The van der Waals surface area contributed by atoms with E-state index in [9.17, 15) is 9.90 Å². The molecule has 1 aromatic rings. The van der Waals surface area contributed by atoms with Gasteiger partial charge < -0.3 is 10.0 Å². The van der Waals surface area contributed by atoms with Gasteiger partial charge in [-0.1, -0.05) is 13.8 Å². The van der Waals surface area contributed by atoms with Gasteiger partial charge in [-0.15, -0.1) is 11.3 Å². The van der Waals surface area contributed by atoms with Crippen molar-refractivity contribution in [3.63, 3.8) is 0 Å². The van der Waals surface area contributed by atoms with Crippen molar-refractivity contribution in [1.29, 1.82) is 0 Å². The Morgan fingerprint density at radius 3 is 2.90 bits per heavy atom. The molecule has 0 saturated carbocycles. The van der Waals surface area contributed by atoms with Gasteiger partial charge in [0.2, 0.25) is 0 Å². The molecule has 112 valence electrons. The third-order valence-electron chi connectivity index (χ3n) is 4.09. The number of amides is 1. The minimum absolute atomic E-state index is 0.00129. The Kier molecular flexibility index (Phi) is 4.49. The van der Waals surface area contributed by atoms with E-state index in [0.717, 1.165) is 11.4 Å². The Morgan fingerprint density at radius 2 is 2.35 bits per heavy atom. The molecule has 1 aromatic heterocycles. The molecule has 20 heavy (non-hydrogen) atoms. The third kappa shape index (κ3) is 3.38. The maximum absolute atomic E-state index is 12.4. The number of nitrogens with zero attached hydrogens (tertiary/aromatic N) is 2. The summed E-state index contributed by atoms with van der Waals surface area (Å²) in [4.78, 5) is 18.6. The SMILES string of the molecule is Cc1nc(C(=O)N2CC[C@@](C)(O)[C@@H](CC(C)C)C2)cs1. The summed E-state index contributed by atoms with van der Waals surface area (Å²) in [6.07, 6.45) is 1.58. The molecule has 0 radical (unpaired) electrons. The number of hydrogen-bond acceptors (Lipinski definition) is 4. The van der Waals surface area contributed by atoms with E-state index in [1.54, 1.807) is 0 Å². The van der Waals surface area contributed by atoms with E-state index in [0.29, 0.717) is 31.1 Å². The molecule has 1 fully saturated rings. The number of aromatic nitrogens is 1. The van der Waals surface area contributed by atoms with E-state index in [-0.39, 0.29) is 11.8 Å². The number of rotatable bonds is 3. The van der Waals surface area contributed by atoms with Gasteiger partial charge in [-0.25, -0.2) is 4.98 Å². The second kappa shape index (κ2) is 5.82. The van der Waals surface area contributed by atoms with E-state index >= 15 is 0 Å². The van der Waals surface area contributed by atoms with Crippen molar-refractivity contribution in [2.24, 2.45) is 11.8 Å². The largest absolute Gasteiger partial charge is 0.390 e. The summed E-state index contributed by atoms with van der Waals surface area (Å²) in [6.45, 7) is 9.34. The van der Waals surface area contributed by atoms with Crippen LogP contribution < -0.4 is 0 Å². The molecule has 5 heteroatoms. The first kappa shape index (κ1) is 15.4. The van der Waals surface area contributed by atoms with Crippen LogP contribution in [0.3, 0.4) is 0 Å². The molecule has 1 N–H and O–H groups in total. The molecule has 1 aliphatic rings. The Balaban J connectivity index is 2.09. The van der Waals surface area contributed by atoms with Crippen LogP contribution in [-0.4, -0.2) is 39.6 Å². The molecule has 2 rings (SSSR count). The van der Waals surface area contributed by atoms with Gasteiger partial charge in [0, 0.05) is 24.4 Å². The number of aliphatic hydroxyl groups is 1. The highest BCUT2D eigenvalue weighted by molar-refractivity contribution is 7.09. The van der Waals surface area contributed by atoms with Gasteiger partial charge >= 0.3 is 0 Å². The Hall–Kier alpha value is -0.940. The first-order valence-electron chi connectivity index (χ1n) is 7.23. The van der Waals surface area contributed by atoms with E-state index < -0.39 is 5.60 Å². The number of aryl methyl sites for hydroxylation is 1. The van der Waals surface area contributed by atoms with Crippen molar-refractivity contribution in [2.75, 3.05) is 13.1 Å². The lowest BCUT2D eigenvalue weighted by Crippen LogP contribution is -2.52. The normalized spacial score (nSPS) is 27.1. The van der Waals surface area contributed by atoms with Gasteiger partial charge in [0.25, 0.3) is 5.91 Å². The minimum atomic E-state index is -0.668. The summed E-state index contributed by atoms with van der Waals surface area (Å²) >= 11 is 1.50. The summed E-state index contributed by atoms with van der Waals surface area (Å²) in [5.74, 6) is 0.654. The molecular formula is C15H24N2O2S. The topological polar surface area (TPSA) is 53.4 Å². The Labute approximate surface area is 124 Å². The lowest BCUT2D eigenvalue weighted by atomic mass is 9.78. The highest BCUT2D eigenvalue weighted by atomic mass is 32.1. The minimum Gasteiger partial charge on any atom is -0.390 e. The third-order valence-corrected chi connectivity index (χ3v) is 4.86. The molecule has 1 saturated heterocycles. The first-order chi connectivity index (χ1) is 9.29. The zero-order valence-electron chi connectivity index (χ0n) is 12.7. The average molecular weight is 296 g/mol. The van der Waals surface area contributed by atoms with Crippen molar-refractivity contribution in [2.45, 2.75) is 46.1 Å². The van der Waals surface area contributed by atoms with Gasteiger partial charge in [-0.3, -0.25) is 4.79 Å². The monoisotopic (exact) mass is 296 g/mol. The van der Waals surface area contributed by atoms with Crippen LogP contribution in [-0.2, 0) is 0 Å². The van der Waals surface area contributed by atoms with Crippen LogP contribution in [0.2, 0.25) is 0 Å². The molecule has 0 bridgehead atoms. The maximum atomic E-state index is 12.4. The summed E-state index contributed by atoms with van der Waals surface area (Å²) in [6, 6.07) is 0. The van der Waals surface area contributed by atoms with Gasteiger partial charge in [0.15, 0.2) is 0 Å². The predicted octanol–water partition coefficient (Wildman–Crippen LogP) is 2.71. The molecule has 1 amide bonds. The summed E-state index contributed by atoms with van der Waals surface area (Å²) in [5.41, 5.74) is -0.128. The van der Waals surface area contributed by atoms with Crippen LogP contribution in [0.25, 0.3) is 0 Å². The number of thiazole rings is 1. The predicted molar refractivity (Wildman–Crippen MR) is 80.9 cm³/mol.